The van der Waals surface area contributed by atoms with Crippen LogP contribution in [0.15, 0.2) is 54.6 Å². The number of carbonyl (C=O) groups excluding carboxylic acids is 1. The Hall–Kier alpha value is -4.02. The number of amides is 2. The number of rotatable bonds is 6. The van der Waals surface area contributed by atoms with Gasteiger partial charge >= 0.3 is 12.4 Å². The fourth-order valence-electron chi connectivity index (χ4n) is 2.70. The van der Waals surface area contributed by atoms with Crippen LogP contribution in [0.3, 0.4) is 0 Å². The zero-order valence-electron chi connectivity index (χ0n) is 17.5. The van der Waals surface area contributed by atoms with Crippen LogP contribution in [0.4, 0.5) is 46.7 Å². The quantitative estimate of drug-likeness (QED) is 0.486. The minimum atomic E-state index is -4.87. The van der Waals surface area contributed by atoms with E-state index >= 15 is 0 Å². The van der Waals surface area contributed by atoms with Crippen molar-refractivity contribution < 1.29 is 22.7 Å². The number of nitrogens with one attached hydrogen (secondary N) is 3. The third-order valence-electron chi connectivity index (χ3n) is 4.06. The van der Waals surface area contributed by atoms with Crippen molar-refractivity contribution in [1.82, 2.24) is 9.97 Å². The van der Waals surface area contributed by atoms with Gasteiger partial charge in [0.15, 0.2) is 5.75 Å². The molecule has 3 N–H and O–H groups in total. The predicted molar refractivity (Wildman–Crippen MR) is 117 cm³/mol. The van der Waals surface area contributed by atoms with Crippen molar-refractivity contribution in [3.63, 3.8) is 0 Å². The molecule has 0 aliphatic rings. The van der Waals surface area contributed by atoms with Crippen molar-refractivity contribution in [2.45, 2.75) is 13.3 Å². The summed E-state index contributed by atoms with van der Waals surface area (Å²) < 4.78 is 41.5. The van der Waals surface area contributed by atoms with E-state index in [-0.39, 0.29) is 5.69 Å². The van der Waals surface area contributed by atoms with Crippen molar-refractivity contribution in [3.05, 3.63) is 60.4 Å². The van der Waals surface area contributed by atoms with Gasteiger partial charge in [-0.1, -0.05) is 12.1 Å². The van der Waals surface area contributed by atoms with E-state index in [0.29, 0.717) is 17.3 Å². The van der Waals surface area contributed by atoms with E-state index in [4.69, 9.17) is 0 Å². The molecule has 168 valence electrons. The number of aryl methyl sites for hydroxylation is 1. The number of ether oxygens (including phenoxy) is 1. The van der Waals surface area contributed by atoms with Crippen molar-refractivity contribution in [2.24, 2.45) is 0 Å². The maximum Gasteiger partial charge on any atom is 0.573 e. The van der Waals surface area contributed by atoms with Gasteiger partial charge < -0.3 is 25.6 Å². The molecule has 32 heavy (non-hydrogen) atoms. The summed E-state index contributed by atoms with van der Waals surface area (Å²) in [5, 5.41) is 8.06. The third-order valence-corrected chi connectivity index (χ3v) is 4.06. The number of benzene rings is 2. The Balaban J connectivity index is 1.64. The van der Waals surface area contributed by atoms with Crippen LogP contribution in [-0.4, -0.2) is 36.5 Å². The number of halogens is 3. The van der Waals surface area contributed by atoms with Crippen LogP contribution < -0.4 is 25.6 Å². The highest BCUT2D eigenvalue weighted by Crippen LogP contribution is 2.30. The molecule has 0 unspecified atom stereocenters. The lowest BCUT2D eigenvalue weighted by Crippen LogP contribution is -2.22. The standard InChI is InChI=1S/C21H21F3N6O2/c1-13-25-18(12-19(26-13)30(2)3)27-14-8-10-15(11-9-14)28-20(31)29-16-6-4-5-7-17(16)32-21(22,23)24/h4-12H,1-3H3,(H,25,26,27)(H2,28,29,31). The second-order valence-electron chi connectivity index (χ2n) is 6.88. The van der Waals surface area contributed by atoms with Crippen molar-refractivity contribution in [3.8, 4) is 5.75 Å². The average Bonchev–Trinajstić information content (AvgIpc) is 2.69. The molecule has 0 saturated carbocycles. The maximum absolute atomic E-state index is 12.5. The summed E-state index contributed by atoms with van der Waals surface area (Å²) in [6.07, 6.45) is -4.87. The smallest absolute Gasteiger partial charge is 0.404 e. The van der Waals surface area contributed by atoms with Crippen LogP contribution in [0, 0.1) is 6.92 Å². The van der Waals surface area contributed by atoms with Gasteiger partial charge in [0.1, 0.15) is 17.5 Å². The number of alkyl halides is 3. The summed E-state index contributed by atoms with van der Waals surface area (Å²) in [4.78, 5) is 22.8. The normalized spacial score (nSPS) is 10.9. The van der Waals surface area contributed by atoms with Gasteiger partial charge in [0.25, 0.3) is 0 Å². The predicted octanol–water partition coefficient (Wildman–Crippen LogP) is 5.14. The Morgan fingerprint density at radius 1 is 0.969 bits per heavy atom. The molecule has 0 spiro atoms. The molecule has 1 heterocycles. The van der Waals surface area contributed by atoms with Gasteiger partial charge in [-0.05, 0) is 43.3 Å². The molecule has 1 aromatic heterocycles. The van der Waals surface area contributed by atoms with Gasteiger partial charge in [-0.3, -0.25) is 0 Å². The first-order chi connectivity index (χ1) is 15.1. The fourth-order valence-corrected chi connectivity index (χ4v) is 2.70. The molecule has 11 heteroatoms. The summed E-state index contributed by atoms with van der Waals surface area (Å²) in [6, 6.07) is 13.1. The number of aromatic nitrogens is 2. The first kappa shape index (κ1) is 22.7. The zero-order valence-corrected chi connectivity index (χ0v) is 17.5. The number of nitrogens with zero attached hydrogens (tertiary/aromatic N) is 3. The van der Waals surface area contributed by atoms with Gasteiger partial charge in [0.2, 0.25) is 0 Å². The van der Waals surface area contributed by atoms with Gasteiger partial charge in [-0.15, -0.1) is 13.2 Å². The second-order valence-corrected chi connectivity index (χ2v) is 6.88. The molecule has 0 atom stereocenters. The highest BCUT2D eigenvalue weighted by atomic mass is 19.4. The molecule has 2 aromatic carbocycles. The zero-order chi connectivity index (χ0) is 23.3. The van der Waals surface area contributed by atoms with E-state index in [2.05, 4.69) is 30.7 Å². The largest absolute Gasteiger partial charge is 0.573 e. The lowest BCUT2D eigenvalue weighted by molar-refractivity contribution is -0.274. The summed E-state index contributed by atoms with van der Waals surface area (Å²) in [5.74, 6) is 1.47. The molecule has 8 nitrogen and oxygen atoms in total. The van der Waals surface area contributed by atoms with Crippen LogP contribution in [0.25, 0.3) is 0 Å². The van der Waals surface area contributed by atoms with Crippen LogP contribution in [-0.2, 0) is 0 Å². The van der Waals surface area contributed by atoms with Gasteiger partial charge in [0.05, 0.1) is 5.69 Å². The highest BCUT2D eigenvalue weighted by molar-refractivity contribution is 6.00. The summed E-state index contributed by atoms with van der Waals surface area (Å²) in [7, 11) is 3.76. The molecule has 0 aliphatic carbocycles. The number of hydrogen-bond acceptors (Lipinski definition) is 6. The fraction of sp³-hybridized carbons (Fsp3) is 0.190. The molecule has 0 aliphatic heterocycles. The van der Waals surface area contributed by atoms with E-state index in [1.54, 1.807) is 37.3 Å². The van der Waals surface area contributed by atoms with E-state index in [1.165, 1.54) is 18.2 Å². The Morgan fingerprint density at radius 3 is 2.28 bits per heavy atom. The second kappa shape index (κ2) is 9.41. The number of para-hydroxylation sites is 2. The summed E-state index contributed by atoms with van der Waals surface area (Å²) >= 11 is 0. The number of hydrogen-bond donors (Lipinski definition) is 3. The lowest BCUT2D eigenvalue weighted by Gasteiger charge is -2.15. The van der Waals surface area contributed by atoms with E-state index < -0.39 is 18.1 Å². The molecule has 2 amide bonds. The Morgan fingerprint density at radius 2 is 1.62 bits per heavy atom. The first-order valence-electron chi connectivity index (χ1n) is 9.42. The third kappa shape index (κ3) is 6.49. The maximum atomic E-state index is 12.5. The summed E-state index contributed by atoms with van der Waals surface area (Å²) in [6.45, 7) is 1.79. The minimum Gasteiger partial charge on any atom is -0.404 e. The topological polar surface area (TPSA) is 91.4 Å². The Labute approximate surface area is 182 Å². The SMILES string of the molecule is Cc1nc(Nc2ccc(NC(=O)Nc3ccccc3OC(F)(F)F)cc2)cc(N(C)C)n1. The van der Waals surface area contributed by atoms with E-state index in [0.717, 1.165) is 17.6 Å². The molecule has 0 fully saturated rings. The Bertz CT molecular complexity index is 1090. The van der Waals surface area contributed by atoms with E-state index in [9.17, 15) is 18.0 Å². The van der Waals surface area contributed by atoms with Gasteiger partial charge in [-0.25, -0.2) is 14.8 Å². The molecule has 0 saturated heterocycles. The monoisotopic (exact) mass is 446 g/mol. The molecule has 3 aromatic rings. The molecule has 0 bridgehead atoms. The Kier molecular flexibility index (Phi) is 6.67. The first-order valence-corrected chi connectivity index (χ1v) is 9.42. The summed E-state index contributed by atoms with van der Waals surface area (Å²) in [5.41, 5.74) is 1.05. The van der Waals surface area contributed by atoms with Crippen LogP contribution in [0.1, 0.15) is 5.82 Å². The van der Waals surface area contributed by atoms with Gasteiger partial charge in [0, 0.05) is 31.5 Å². The molecule has 0 radical (unpaired) electrons. The average molecular weight is 446 g/mol. The number of anilines is 5. The van der Waals surface area contributed by atoms with Gasteiger partial charge in [-0.2, -0.15) is 0 Å². The van der Waals surface area contributed by atoms with Crippen molar-refractivity contribution >= 4 is 34.7 Å². The molecular weight excluding hydrogens is 425 g/mol. The minimum absolute atomic E-state index is 0.114. The number of carbonyl (C=O) groups is 1. The van der Waals surface area contributed by atoms with Crippen LogP contribution >= 0.6 is 0 Å². The van der Waals surface area contributed by atoms with Crippen molar-refractivity contribution in [2.75, 3.05) is 34.9 Å². The van der Waals surface area contributed by atoms with Crippen LogP contribution in [0.5, 0.6) is 5.75 Å². The molecular formula is C21H21F3N6O2. The van der Waals surface area contributed by atoms with E-state index in [1.807, 2.05) is 19.0 Å². The van der Waals surface area contributed by atoms with Crippen LogP contribution in [0.2, 0.25) is 0 Å². The molecule has 3 rings (SSSR count). The number of urea groups is 1. The van der Waals surface area contributed by atoms with Crippen molar-refractivity contribution in [1.29, 1.82) is 0 Å². The highest BCUT2D eigenvalue weighted by Gasteiger charge is 2.32. The lowest BCUT2D eigenvalue weighted by atomic mass is 10.2.